The van der Waals surface area contributed by atoms with E-state index in [9.17, 15) is 4.79 Å². The Morgan fingerprint density at radius 2 is 2.44 bits per heavy atom. The van der Waals surface area contributed by atoms with Crippen LogP contribution in [0.2, 0.25) is 0 Å². The first kappa shape index (κ1) is 8.77. The lowest BCUT2D eigenvalue weighted by Crippen LogP contribution is -2.03. The van der Waals surface area contributed by atoms with Gasteiger partial charge in [0, 0.05) is 11.8 Å². The summed E-state index contributed by atoms with van der Waals surface area (Å²) in [7, 11) is 0. The Bertz CT molecular complexity index is 146. The highest BCUT2D eigenvalue weighted by Crippen LogP contribution is 2.11. The maximum atomic E-state index is 9.80. The summed E-state index contributed by atoms with van der Waals surface area (Å²) in [5, 5.41) is 0. The van der Waals surface area contributed by atoms with E-state index in [1.54, 1.807) is 5.94 Å². The van der Waals surface area contributed by atoms with E-state index in [0.29, 0.717) is 13.2 Å². The zero-order valence-corrected chi connectivity index (χ0v) is 6.93. The summed E-state index contributed by atoms with van der Waals surface area (Å²) in [4.78, 5) is 9.80. The van der Waals surface area contributed by atoms with Gasteiger partial charge in [-0.05, 0) is 0 Å². The van der Waals surface area contributed by atoms with Crippen molar-refractivity contribution >= 4 is 27.6 Å². The second-order valence-corrected chi connectivity index (χ2v) is 1.75. The number of rotatable bonds is 0. The monoisotopic (exact) mass is 167 g/mol. The predicted molar refractivity (Wildman–Crippen MR) is 38.8 cm³/mol. The Balaban J connectivity index is 0.000000640. The maximum absolute atomic E-state index is 9.80. The van der Waals surface area contributed by atoms with Crippen LogP contribution in [-0.4, -0.2) is 23.5 Å². The largest absolute Gasteiger partial charge is 0.468 e. The Morgan fingerprint density at radius 3 is 2.67 bits per heavy atom. The first-order chi connectivity index (χ1) is 3.84. The summed E-state index contributed by atoms with van der Waals surface area (Å²) in [5.74, 6) is 1.64. The van der Waals surface area contributed by atoms with Crippen molar-refractivity contribution < 1.29 is 9.53 Å². The lowest BCUT2D eigenvalue weighted by atomic mass is 10.7. The van der Waals surface area contributed by atoms with E-state index in [1.807, 2.05) is 0 Å². The van der Waals surface area contributed by atoms with Gasteiger partial charge in [0.05, 0.1) is 6.54 Å². The molecule has 1 fully saturated rings. The van der Waals surface area contributed by atoms with Crippen molar-refractivity contribution in [2.24, 2.45) is 0 Å². The van der Waals surface area contributed by atoms with E-state index in [0.717, 1.165) is 0 Å². The number of hydrogen-bond donors (Lipinski definition) is 0. The molecule has 1 aliphatic heterocycles. The standard InChI is InChI=1S/C4H4ClNO2.H3P/c5-6-1-2-8-4(6)3-7;/h1-2H2;1H3. The number of hydrogen-bond acceptors (Lipinski definition) is 3. The fourth-order valence-corrected chi connectivity index (χ4v) is 0.625. The fourth-order valence-electron chi connectivity index (χ4n) is 0.473. The van der Waals surface area contributed by atoms with Crippen molar-refractivity contribution in [3.63, 3.8) is 0 Å². The van der Waals surface area contributed by atoms with Crippen LogP contribution in [0.4, 0.5) is 0 Å². The molecular weight excluding hydrogens is 160 g/mol. The lowest BCUT2D eigenvalue weighted by molar-refractivity contribution is 0.259. The summed E-state index contributed by atoms with van der Waals surface area (Å²) in [6.07, 6.45) is 0. The van der Waals surface area contributed by atoms with Gasteiger partial charge in [-0.25, -0.2) is 9.21 Å². The summed E-state index contributed by atoms with van der Waals surface area (Å²) < 4.78 is 5.90. The highest BCUT2D eigenvalue weighted by molar-refractivity contribution is 6.92. The Kier molecular flexibility index (Phi) is 3.64. The highest BCUT2D eigenvalue weighted by atomic mass is 35.5. The number of nitrogens with zero attached hydrogens (tertiary/aromatic N) is 1. The van der Waals surface area contributed by atoms with Crippen LogP contribution in [0.15, 0.2) is 5.88 Å². The third-order valence-corrected chi connectivity index (χ3v) is 1.16. The maximum Gasteiger partial charge on any atom is 0.292 e. The molecule has 0 aliphatic carbocycles. The van der Waals surface area contributed by atoms with Crippen LogP contribution in [0.1, 0.15) is 0 Å². The van der Waals surface area contributed by atoms with Gasteiger partial charge in [0.2, 0.25) is 0 Å². The summed E-state index contributed by atoms with van der Waals surface area (Å²) in [6.45, 7) is 1.04. The molecule has 1 aliphatic rings. The van der Waals surface area contributed by atoms with E-state index in [4.69, 9.17) is 16.5 Å². The van der Waals surface area contributed by atoms with Crippen LogP contribution in [0.25, 0.3) is 0 Å². The summed E-state index contributed by atoms with van der Waals surface area (Å²) in [5.41, 5.74) is 0. The van der Waals surface area contributed by atoms with Gasteiger partial charge in [0.15, 0.2) is 5.94 Å². The SMILES string of the molecule is O=C=C1OCCN1Cl.P. The molecule has 0 spiro atoms. The quantitative estimate of drug-likeness (QED) is 0.293. The second kappa shape index (κ2) is 3.73. The molecule has 1 rings (SSSR count). The average Bonchev–Trinajstić information content (AvgIpc) is 2.14. The molecule has 0 bridgehead atoms. The number of carbonyl (C=O) groups excluding carboxylic acids is 1. The molecule has 0 radical (unpaired) electrons. The third-order valence-electron chi connectivity index (χ3n) is 0.834. The fraction of sp³-hybridized carbons (Fsp3) is 0.500. The van der Waals surface area contributed by atoms with Gasteiger partial charge < -0.3 is 4.74 Å². The van der Waals surface area contributed by atoms with E-state index in [2.05, 4.69) is 0 Å². The molecule has 0 saturated carbocycles. The molecule has 1 atom stereocenters. The summed E-state index contributed by atoms with van der Waals surface area (Å²) >= 11 is 5.39. The van der Waals surface area contributed by atoms with Crippen LogP contribution >= 0.6 is 21.7 Å². The number of ether oxygens (including phenoxy) is 1. The van der Waals surface area contributed by atoms with Gasteiger partial charge in [0.25, 0.3) is 5.88 Å². The lowest BCUT2D eigenvalue weighted by Gasteiger charge is -1.98. The van der Waals surface area contributed by atoms with Crippen molar-refractivity contribution in [3.8, 4) is 0 Å². The van der Waals surface area contributed by atoms with E-state index < -0.39 is 0 Å². The van der Waals surface area contributed by atoms with Crippen molar-refractivity contribution in [1.82, 2.24) is 4.42 Å². The van der Waals surface area contributed by atoms with Crippen molar-refractivity contribution in [2.75, 3.05) is 13.2 Å². The molecule has 9 heavy (non-hydrogen) atoms. The molecule has 1 unspecified atom stereocenters. The Morgan fingerprint density at radius 1 is 1.78 bits per heavy atom. The van der Waals surface area contributed by atoms with Gasteiger partial charge in [-0.1, -0.05) is 0 Å². The minimum Gasteiger partial charge on any atom is -0.468 e. The first-order valence-electron chi connectivity index (χ1n) is 2.16. The molecule has 0 aromatic heterocycles. The van der Waals surface area contributed by atoms with Gasteiger partial charge >= 0.3 is 0 Å². The molecule has 1 saturated heterocycles. The van der Waals surface area contributed by atoms with E-state index >= 15 is 0 Å². The minimum atomic E-state index is 0. The van der Waals surface area contributed by atoms with Crippen molar-refractivity contribution in [2.45, 2.75) is 0 Å². The van der Waals surface area contributed by atoms with Gasteiger partial charge in [-0.15, -0.1) is 0 Å². The topological polar surface area (TPSA) is 29.5 Å². The zero-order chi connectivity index (χ0) is 5.98. The van der Waals surface area contributed by atoms with E-state index in [-0.39, 0.29) is 15.8 Å². The predicted octanol–water partition coefficient (Wildman–Crippen LogP) is 0.203. The average molecular weight is 168 g/mol. The van der Waals surface area contributed by atoms with Gasteiger partial charge in [-0.3, -0.25) is 0 Å². The molecule has 1 heterocycles. The second-order valence-electron chi connectivity index (χ2n) is 1.34. The molecule has 0 N–H and O–H groups in total. The molecule has 3 nitrogen and oxygen atoms in total. The molecule has 0 aromatic carbocycles. The van der Waals surface area contributed by atoms with Crippen LogP contribution in [-0.2, 0) is 9.53 Å². The molecular formula is C4H7ClNO2P. The van der Waals surface area contributed by atoms with Crippen molar-refractivity contribution in [1.29, 1.82) is 0 Å². The first-order valence-corrected chi connectivity index (χ1v) is 2.49. The summed E-state index contributed by atoms with van der Waals surface area (Å²) in [6, 6.07) is 0. The molecule has 0 aromatic rings. The van der Waals surface area contributed by atoms with Crippen LogP contribution in [0.5, 0.6) is 0 Å². The molecule has 52 valence electrons. The smallest absolute Gasteiger partial charge is 0.292 e. The van der Waals surface area contributed by atoms with Gasteiger partial charge in [0.1, 0.15) is 6.61 Å². The molecule has 5 heteroatoms. The number of halogens is 1. The van der Waals surface area contributed by atoms with Crippen LogP contribution in [0, 0.1) is 0 Å². The Hall–Kier alpha value is -0.230. The Labute approximate surface area is 61.3 Å². The van der Waals surface area contributed by atoms with Gasteiger partial charge in [-0.2, -0.15) is 9.90 Å². The minimum absolute atomic E-state index is 0. The van der Waals surface area contributed by atoms with Crippen molar-refractivity contribution in [3.05, 3.63) is 5.88 Å². The van der Waals surface area contributed by atoms with E-state index in [1.165, 1.54) is 4.42 Å². The highest BCUT2D eigenvalue weighted by Gasteiger charge is 2.16. The third kappa shape index (κ3) is 1.87. The van der Waals surface area contributed by atoms with Crippen LogP contribution < -0.4 is 0 Å². The zero-order valence-electron chi connectivity index (χ0n) is 4.76. The molecule has 0 amide bonds. The normalized spacial score (nSPS) is 16.1. The van der Waals surface area contributed by atoms with Crippen LogP contribution in [0.3, 0.4) is 0 Å².